The topological polar surface area (TPSA) is 25.8 Å². The summed E-state index contributed by atoms with van der Waals surface area (Å²) in [7, 11) is 0. The van der Waals surface area contributed by atoms with Crippen LogP contribution in [0, 0.1) is 0 Å². The van der Waals surface area contributed by atoms with Crippen molar-refractivity contribution in [1.29, 1.82) is 0 Å². The van der Waals surface area contributed by atoms with Gasteiger partial charge in [-0.05, 0) is 34.5 Å². The summed E-state index contributed by atoms with van der Waals surface area (Å²) in [6.07, 6.45) is 2.32. The first kappa shape index (κ1) is 11.0. The Morgan fingerprint density at radius 1 is 1.29 bits per heavy atom. The zero-order valence-electron chi connectivity index (χ0n) is 7.14. The molecule has 1 fully saturated rings. The van der Waals surface area contributed by atoms with Gasteiger partial charge in [-0.3, -0.25) is 0 Å². The van der Waals surface area contributed by atoms with Crippen LogP contribution in [0.3, 0.4) is 0 Å². The molecule has 0 N–H and O–H groups in total. The third kappa shape index (κ3) is 2.18. The highest BCUT2D eigenvalue weighted by Gasteiger charge is 2.22. The van der Waals surface area contributed by atoms with E-state index in [1.54, 1.807) is 0 Å². The summed E-state index contributed by atoms with van der Waals surface area (Å²) >= 11 is 16.9. The van der Waals surface area contributed by atoms with E-state index >= 15 is 0 Å². The number of hydrogen-bond donors (Lipinski definition) is 0. The molecule has 76 valence electrons. The zero-order valence-corrected chi connectivity index (χ0v) is 11.0. The molecule has 0 saturated carbocycles. The summed E-state index contributed by atoms with van der Waals surface area (Å²) in [5.74, 6) is 1.92. The lowest BCUT2D eigenvalue weighted by atomic mass is 10.2. The van der Waals surface area contributed by atoms with Gasteiger partial charge in [0.15, 0.2) is 0 Å². The third-order valence-corrected chi connectivity index (χ3v) is 5.13. The number of halogens is 3. The molecule has 1 aliphatic rings. The molecule has 6 heteroatoms. The van der Waals surface area contributed by atoms with Crippen molar-refractivity contribution < 1.29 is 0 Å². The number of thioether (sulfide) groups is 1. The van der Waals surface area contributed by atoms with Crippen LogP contribution in [0.1, 0.15) is 23.9 Å². The van der Waals surface area contributed by atoms with Crippen molar-refractivity contribution in [3.63, 3.8) is 0 Å². The highest BCUT2D eigenvalue weighted by Crippen LogP contribution is 2.40. The van der Waals surface area contributed by atoms with Crippen LogP contribution in [0.4, 0.5) is 0 Å². The maximum absolute atomic E-state index is 5.91. The lowest BCUT2D eigenvalue weighted by Crippen LogP contribution is -1.99. The monoisotopic (exact) mass is 312 g/mol. The van der Waals surface area contributed by atoms with E-state index < -0.39 is 0 Å². The first-order chi connectivity index (χ1) is 6.68. The second-order valence-corrected chi connectivity index (χ2v) is 5.80. The lowest BCUT2D eigenvalue weighted by molar-refractivity contribution is 0.776. The summed E-state index contributed by atoms with van der Waals surface area (Å²) in [6, 6.07) is 0. The molecule has 2 nitrogen and oxygen atoms in total. The van der Waals surface area contributed by atoms with Crippen LogP contribution in [-0.4, -0.2) is 15.7 Å². The van der Waals surface area contributed by atoms with E-state index in [-0.39, 0.29) is 0 Å². The van der Waals surface area contributed by atoms with Crippen molar-refractivity contribution in [3.05, 3.63) is 20.6 Å². The molecule has 1 aliphatic heterocycles. The molecule has 0 amide bonds. The van der Waals surface area contributed by atoms with Crippen molar-refractivity contribution in [1.82, 2.24) is 9.97 Å². The molecule has 1 atom stereocenters. The van der Waals surface area contributed by atoms with Crippen molar-refractivity contribution >= 4 is 50.9 Å². The first-order valence-corrected chi connectivity index (χ1v) is 6.78. The molecule has 0 bridgehead atoms. The third-order valence-electron chi connectivity index (χ3n) is 2.01. The lowest BCUT2D eigenvalue weighted by Gasteiger charge is -2.08. The minimum absolute atomic E-state index is 0.359. The normalized spacial score (nSPS) is 21.5. The summed E-state index contributed by atoms with van der Waals surface area (Å²) in [4.78, 5) is 8.44. The molecule has 1 aromatic rings. The van der Waals surface area contributed by atoms with Gasteiger partial charge in [0.05, 0.1) is 9.72 Å². The Balaban J connectivity index is 2.34. The van der Waals surface area contributed by atoms with E-state index in [4.69, 9.17) is 23.2 Å². The molecule has 0 aliphatic carbocycles. The minimum Gasteiger partial charge on any atom is -0.219 e. The van der Waals surface area contributed by atoms with Crippen molar-refractivity contribution in [2.45, 2.75) is 18.1 Å². The van der Waals surface area contributed by atoms with Gasteiger partial charge in [-0.25, -0.2) is 9.97 Å². The predicted molar refractivity (Wildman–Crippen MR) is 64.2 cm³/mol. The molecule has 14 heavy (non-hydrogen) atoms. The van der Waals surface area contributed by atoms with Crippen LogP contribution in [-0.2, 0) is 0 Å². The molecule has 1 saturated heterocycles. The van der Waals surface area contributed by atoms with Gasteiger partial charge in [0.2, 0.25) is 0 Å². The van der Waals surface area contributed by atoms with Gasteiger partial charge in [-0.2, -0.15) is 11.8 Å². The van der Waals surface area contributed by atoms with E-state index in [9.17, 15) is 0 Å². The smallest absolute Gasteiger partial charge is 0.148 e. The average Bonchev–Trinajstić information content (AvgIpc) is 2.66. The molecule has 0 spiro atoms. The summed E-state index contributed by atoms with van der Waals surface area (Å²) in [6.45, 7) is 0. The Morgan fingerprint density at radius 3 is 2.43 bits per heavy atom. The molecule has 1 unspecified atom stereocenters. The highest BCUT2D eigenvalue weighted by atomic mass is 79.9. The second-order valence-electron chi connectivity index (χ2n) is 2.98. The van der Waals surface area contributed by atoms with Crippen LogP contribution in [0.5, 0.6) is 0 Å². The molecule has 0 radical (unpaired) electrons. The van der Waals surface area contributed by atoms with Crippen LogP contribution < -0.4 is 0 Å². The largest absolute Gasteiger partial charge is 0.219 e. The molecular weight excluding hydrogens is 307 g/mol. The van der Waals surface area contributed by atoms with Gasteiger partial charge in [-0.15, -0.1) is 0 Å². The van der Waals surface area contributed by atoms with E-state index in [0.29, 0.717) is 20.0 Å². The van der Waals surface area contributed by atoms with Gasteiger partial charge in [0, 0.05) is 0 Å². The zero-order chi connectivity index (χ0) is 10.1. The average molecular weight is 314 g/mol. The maximum atomic E-state index is 5.91. The Labute approximate surface area is 105 Å². The first-order valence-electron chi connectivity index (χ1n) is 4.18. The van der Waals surface area contributed by atoms with Gasteiger partial charge < -0.3 is 0 Å². The molecular formula is C8H7BrCl2N2S. The van der Waals surface area contributed by atoms with E-state index in [0.717, 1.165) is 12.2 Å². The standard InChI is InChI=1S/C8H7BrCl2N2S/c9-5-6(10)12-8(13-7(5)11)4-2-1-3-14-4/h4H,1-3H2. The fraction of sp³-hybridized carbons (Fsp3) is 0.500. The number of nitrogens with zero attached hydrogens (tertiary/aromatic N) is 2. The van der Waals surface area contributed by atoms with Crippen molar-refractivity contribution in [3.8, 4) is 0 Å². The number of aromatic nitrogens is 2. The Bertz CT molecular complexity index is 332. The van der Waals surface area contributed by atoms with E-state index in [2.05, 4.69) is 25.9 Å². The maximum Gasteiger partial charge on any atom is 0.148 e. The highest BCUT2D eigenvalue weighted by molar-refractivity contribution is 9.10. The summed E-state index contributed by atoms with van der Waals surface area (Å²) < 4.78 is 0.576. The fourth-order valence-electron chi connectivity index (χ4n) is 1.33. The van der Waals surface area contributed by atoms with Gasteiger partial charge in [0.25, 0.3) is 0 Å². The number of rotatable bonds is 1. The van der Waals surface area contributed by atoms with Gasteiger partial charge >= 0.3 is 0 Å². The van der Waals surface area contributed by atoms with Crippen LogP contribution in [0.2, 0.25) is 10.3 Å². The minimum atomic E-state index is 0.359. The fourth-order valence-corrected chi connectivity index (χ4v) is 3.12. The van der Waals surface area contributed by atoms with Gasteiger partial charge in [-0.1, -0.05) is 23.2 Å². The van der Waals surface area contributed by atoms with Crippen molar-refractivity contribution in [2.75, 3.05) is 5.75 Å². The van der Waals surface area contributed by atoms with Crippen molar-refractivity contribution in [2.24, 2.45) is 0 Å². The summed E-state index contributed by atoms with van der Waals surface area (Å²) in [5.41, 5.74) is 0. The quantitative estimate of drug-likeness (QED) is 0.730. The summed E-state index contributed by atoms with van der Waals surface area (Å²) in [5, 5.41) is 1.15. The Kier molecular flexibility index (Phi) is 3.58. The van der Waals surface area contributed by atoms with Crippen LogP contribution >= 0.6 is 50.9 Å². The second kappa shape index (κ2) is 4.56. The number of hydrogen-bond acceptors (Lipinski definition) is 3. The van der Waals surface area contributed by atoms with E-state index in [1.165, 1.54) is 12.2 Å². The van der Waals surface area contributed by atoms with Crippen LogP contribution in [0.25, 0.3) is 0 Å². The van der Waals surface area contributed by atoms with E-state index in [1.807, 2.05) is 11.8 Å². The molecule has 2 heterocycles. The molecule has 0 aromatic carbocycles. The van der Waals surface area contributed by atoms with Gasteiger partial charge in [0.1, 0.15) is 16.1 Å². The molecule has 1 aromatic heterocycles. The SMILES string of the molecule is Clc1nc(C2CCCS2)nc(Cl)c1Br. The van der Waals surface area contributed by atoms with Crippen LogP contribution in [0.15, 0.2) is 4.47 Å². The molecule has 2 rings (SSSR count). The Morgan fingerprint density at radius 2 is 1.93 bits per heavy atom. The Hall–Kier alpha value is 0.490. The predicted octanol–water partition coefficient (Wildman–Crippen LogP) is 4.11.